The van der Waals surface area contributed by atoms with Gasteiger partial charge in [-0.3, -0.25) is 0 Å². The van der Waals surface area contributed by atoms with Crippen LogP contribution in [0.5, 0.6) is 5.75 Å². The number of hydrogen-bond donors (Lipinski definition) is 1. The summed E-state index contributed by atoms with van der Waals surface area (Å²) in [7, 11) is 0. The second kappa shape index (κ2) is 4.78. The maximum absolute atomic E-state index is 12.0. The number of ether oxygens (including phenoxy) is 1. The minimum absolute atomic E-state index is 0.267. The van der Waals surface area contributed by atoms with Crippen molar-refractivity contribution in [1.29, 1.82) is 0 Å². The molecule has 0 amide bonds. The van der Waals surface area contributed by atoms with Gasteiger partial charge < -0.3 is 9.15 Å². The molecule has 3 aromatic rings. The van der Waals surface area contributed by atoms with E-state index in [-0.39, 0.29) is 5.22 Å². The highest BCUT2D eigenvalue weighted by Crippen LogP contribution is 2.20. The monoisotopic (exact) mass is 271 g/mol. The Morgan fingerprint density at radius 1 is 1.16 bits per heavy atom. The molecule has 0 atom stereocenters. The van der Waals surface area contributed by atoms with Gasteiger partial charge in [0.05, 0.1) is 5.56 Å². The van der Waals surface area contributed by atoms with E-state index in [1.165, 1.54) is 0 Å². The molecule has 0 aliphatic rings. The van der Waals surface area contributed by atoms with E-state index < -0.39 is 5.97 Å². The predicted molar refractivity (Wildman–Crippen MR) is 72.7 cm³/mol. The molecule has 1 heterocycles. The number of esters is 1. The molecule has 4 nitrogen and oxygen atoms in total. The molecule has 0 saturated carbocycles. The molecule has 94 valence electrons. The van der Waals surface area contributed by atoms with E-state index in [1.807, 2.05) is 6.07 Å². The molecule has 0 fully saturated rings. The predicted octanol–water partition coefficient (Wildman–Crippen LogP) is 3.34. The smallest absolute Gasteiger partial charge is 0.343 e. The van der Waals surface area contributed by atoms with Crippen LogP contribution in [-0.2, 0) is 0 Å². The van der Waals surface area contributed by atoms with Crippen LogP contribution in [0.4, 0.5) is 0 Å². The van der Waals surface area contributed by atoms with E-state index in [4.69, 9.17) is 9.15 Å². The van der Waals surface area contributed by atoms with Crippen molar-refractivity contribution in [3.63, 3.8) is 0 Å². The Hall–Kier alpha value is -2.27. The van der Waals surface area contributed by atoms with E-state index in [2.05, 4.69) is 17.6 Å². The summed E-state index contributed by atoms with van der Waals surface area (Å²) in [6, 6.07) is 13.8. The third-order valence-electron chi connectivity index (χ3n) is 2.57. The minimum Gasteiger partial charge on any atom is -0.432 e. The summed E-state index contributed by atoms with van der Waals surface area (Å²) in [6.45, 7) is 0. The number of para-hydroxylation sites is 1. The number of nitrogens with zero attached hydrogens (tertiary/aromatic N) is 1. The van der Waals surface area contributed by atoms with Crippen LogP contribution in [0.2, 0.25) is 0 Å². The van der Waals surface area contributed by atoms with Gasteiger partial charge in [0.2, 0.25) is 0 Å². The second-order valence-electron chi connectivity index (χ2n) is 3.88. The number of fused-ring (bicyclic) bond motifs is 1. The van der Waals surface area contributed by atoms with Crippen LogP contribution >= 0.6 is 12.6 Å². The maximum atomic E-state index is 12.0. The topological polar surface area (TPSA) is 52.3 Å². The quantitative estimate of drug-likeness (QED) is 0.441. The van der Waals surface area contributed by atoms with Gasteiger partial charge >= 0.3 is 5.97 Å². The third-order valence-corrected chi connectivity index (χ3v) is 2.76. The highest BCUT2D eigenvalue weighted by atomic mass is 32.1. The Balaban J connectivity index is 1.89. The number of rotatable bonds is 2. The van der Waals surface area contributed by atoms with E-state index in [0.717, 1.165) is 0 Å². The molecule has 5 heteroatoms. The zero-order valence-electron chi connectivity index (χ0n) is 9.74. The molecule has 3 rings (SSSR count). The number of hydrogen-bond acceptors (Lipinski definition) is 5. The fourth-order valence-electron chi connectivity index (χ4n) is 1.69. The second-order valence-corrected chi connectivity index (χ2v) is 4.26. The number of thiol groups is 1. The summed E-state index contributed by atoms with van der Waals surface area (Å²) in [6.07, 6.45) is 0. The molecule has 19 heavy (non-hydrogen) atoms. The Kier molecular flexibility index (Phi) is 2.97. The molecular formula is C14H9NO3S. The standard InChI is InChI=1S/C14H9NO3S/c16-13(17-10-4-2-1-3-5-10)9-6-7-11-12(8-9)18-14(19)15-11/h1-8H,(H,15,19). The van der Waals surface area contributed by atoms with E-state index in [0.29, 0.717) is 22.4 Å². The Labute approximate surface area is 114 Å². The molecule has 0 spiro atoms. The van der Waals surface area contributed by atoms with E-state index in [9.17, 15) is 4.79 Å². The summed E-state index contributed by atoms with van der Waals surface area (Å²) < 4.78 is 10.5. The van der Waals surface area contributed by atoms with Crippen molar-refractivity contribution in [1.82, 2.24) is 4.98 Å². The fraction of sp³-hybridized carbons (Fsp3) is 0. The normalized spacial score (nSPS) is 10.6. The van der Waals surface area contributed by atoms with Crippen molar-refractivity contribution in [2.24, 2.45) is 0 Å². The zero-order chi connectivity index (χ0) is 13.2. The number of aromatic nitrogens is 1. The van der Waals surface area contributed by atoms with Crippen molar-refractivity contribution >= 4 is 29.7 Å². The number of benzene rings is 2. The van der Waals surface area contributed by atoms with Gasteiger partial charge in [0, 0.05) is 0 Å². The lowest BCUT2D eigenvalue weighted by atomic mass is 10.2. The number of oxazole rings is 1. The van der Waals surface area contributed by atoms with Crippen LogP contribution in [-0.4, -0.2) is 11.0 Å². The van der Waals surface area contributed by atoms with Gasteiger partial charge in [-0.1, -0.05) is 30.8 Å². The van der Waals surface area contributed by atoms with Crippen LogP contribution in [0.25, 0.3) is 11.1 Å². The highest BCUT2D eigenvalue weighted by Gasteiger charge is 2.11. The summed E-state index contributed by atoms with van der Waals surface area (Å²) in [4.78, 5) is 16.0. The lowest BCUT2D eigenvalue weighted by Gasteiger charge is -2.03. The molecule has 0 aliphatic heterocycles. The van der Waals surface area contributed by atoms with Crippen molar-refractivity contribution in [2.45, 2.75) is 5.22 Å². The van der Waals surface area contributed by atoms with Gasteiger partial charge in [0.1, 0.15) is 11.3 Å². The first-order valence-electron chi connectivity index (χ1n) is 5.59. The van der Waals surface area contributed by atoms with Gasteiger partial charge in [-0.2, -0.15) is 0 Å². The van der Waals surface area contributed by atoms with Gasteiger partial charge in [0.25, 0.3) is 5.22 Å². The molecule has 0 radical (unpaired) electrons. The molecular weight excluding hydrogens is 262 g/mol. The maximum Gasteiger partial charge on any atom is 0.343 e. The first-order valence-corrected chi connectivity index (χ1v) is 6.04. The largest absolute Gasteiger partial charge is 0.432 e. The SMILES string of the molecule is O=C(Oc1ccccc1)c1ccc2nc(S)oc2c1. The first kappa shape index (κ1) is 11.8. The highest BCUT2D eigenvalue weighted by molar-refractivity contribution is 7.80. The molecule has 1 aromatic heterocycles. The summed E-state index contributed by atoms with van der Waals surface area (Å²) in [5.74, 6) is 0.0604. The van der Waals surface area contributed by atoms with Crippen LogP contribution < -0.4 is 4.74 Å². The molecule has 0 unspecified atom stereocenters. The van der Waals surface area contributed by atoms with E-state index >= 15 is 0 Å². The van der Waals surface area contributed by atoms with Crippen molar-refractivity contribution in [2.75, 3.05) is 0 Å². The molecule has 2 aromatic carbocycles. The lowest BCUT2D eigenvalue weighted by molar-refractivity contribution is 0.0735. The molecule has 0 bridgehead atoms. The lowest BCUT2D eigenvalue weighted by Crippen LogP contribution is -2.08. The Morgan fingerprint density at radius 3 is 2.74 bits per heavy atom. The summed E-state index contributed by atoms with van der Waals surface area (Å²) in [5.41, 5.74) is 1.56. The summed E-state index contributed by atoms with van der Waals surface area (Å²) in [5, 5.41) is 0.267. The van der Waals surface area contributed by atoms with Gasteiger partial charge in [-0.15, -0.1) is 0 Å². The fourth-order valence-corrected chi connectivity index (χ4v) is 1.90. The molecule has 0 saturated heterocycles. The molecule has 0 aliphatic carbocycles. The third kappa shape index (κ3) is 2.46. The Morgan fingerprint density at radius 2 is 1.95 bits per heavy atom. The van der Waals surface area contributed by atoms with Crippen LogP contribution in [0.1, 0.15) is 10.4 Å². The van der Waals surface area contributed by atoms with E-state index in [1.54, 1.807) is 42.5 Å². The van der Waals surface area contributed by atoms with Crippen molar-refractivity contribution in [3.8, 4) is 5.75 Å². The van der Waals surface area contributed by atoms with Crippen LogP contribution in [0.15, 0.2) is 58.2 Å². The van der Waals surface area contributed by atoms with Gasteiger partial charge in [-0.25, -0.2) is 9.78 Å². The Bertz CT molecular complexity index is 737. The van der Waals surface area contributed by atoms with Crippen LogP contribution in [0, 0.1) is 0 Å². The van der Waals surface area contributed by atoms with Crippen LogP contribution in [0.3, 0.4) is 0 Å². The van der Waals surface area contributed by atoms with Crippen molar-refractivity contribution < 1.29 is 13.9 Å². The molecule has 0 N–H and O–H groups in total. The average molecular weight is 271 g/mol. The number of carbonyl (C=O) groups is 1. The van der Waals surface area contributed by atoms with Gasteiger partial charge in [0.15, 0.2) is 5.58 Å². The zero-order valence-corrected chi connectivity index (χ0v) is 10.6. The first-order chi connectivity index (χ1) is 9.22. The number of carbonyl (C=O) groups excluding carboxylic acids is 1. The average Bonchev–Trinajstić information content (AvgIpc) is 2.78. The van der Waals surface area contributed by atoms with Crippen molar-refractivity contribution in [3.05, 3.63) is 54.1 Å². The summed E-state index contributed by atoms with van der Waals surface area (Å²) >= 11 is 4.02. The van der Waals surface area contributed by atoms with Gasteiger partial charge in [-0.05, 0) is 30.3 Å². The minimum atomic E-state index is -0.440.